The van der Waals surface area contributed by atoms with Crippen molar-refractivity contribution in [3.63, 3.8) is 0 Å². The summed E-state index contributed by atoms with van der Waals surface area (Å²) in [4.78, 5) is 0. The van der Waals surface area contributed by atoms with E-state index in [4.69, 9.17) is 0 Å². The summed E-state index contributed by atoms with van der Waals surface area (Å²) in [6, 6.07) is 21.1. The van der Waals surface area contributed by atoms with Gasteiger partial charge in [0.25, 0.3) is 0 Å². The molecule has 0 saturated heterocycles. The molecule has 0 aliphatic rings. The van der Waals surface area contributed by atoms with Crippen molar-refractivity contribution in [1.29, 1.82) is 0 Å². The number of benzene rings is 2. The van der Waals surface area contributed by atoms with E-state index in [0.717, 1.165) is 19.3 Å². The van der Waals surface area contributed by atoms with Crippen LogP contribution in [0.25, 0.3) is 0 Å². The molecule has 0 heterocycles. The van der Waals surface area contributed by atoms with Crippen molar-refractivity contribution in [2.45, 2.75) is 50.8 Å². The van der Waals surface area contributed by atoms with E-state index in [1.165, 1.54) is 11.1 Å². The lowest BCUT2D eigenvalue weighted by Crippen LogP contribution is -2.41. The first-order chi connectivity index (χ1) is 10.9. The summed E-state index contributed by atoms with van der Waals surface area (Å²) >= 11 is 0. The standard InChI is InChI=1S/C20H27NOS/c1-20(2,3)23(22)21-19(16-18-12-8-5-9-13-18)15-14-17-10-6-4-7-11-17/h4-13,19,21H,14-16H2,1-3H3. The Kier molecular flexibility index (Phi) is 6.55. The van der Waals surface area contributed by atoms with Crippen molar-refractivity contribution < 1.29 is 4.21 Å². The molecule has 0 saturated carbocycles. The molecule has 0 aliphatic carbocycles. The molecule has 0 aromatic heterocycles. The number of hydrogen-bond acceptors (Lipinski definition) is 1. The molecule has 2 unspecified atom stereocenters. The summed E-state index contributed by atoms with van der Waals surface area (Å²) < 4.78 is 15.6. The number of hydrogen-bond donors (Lipinski definition) is 1. The molecule has 23 heavy (non-hydrogen) atoms. The minimum atomic E-state index is -1.05. The van der Waals surface area contributed by atoms with Crippen LogP contribution in [-0.2, 0) is 23.8 Å². The number of nitrogens with one attached hydrogen (secondary N) is 1. The molecule has 2 nitrogen and oxygen atoms in total. The molecule has 0 amide bonds. The molecule has 0 radical (unpaired) electrons. The van der Waals surface area contributed by atoms with Gasteiger partial charge in [0.2, 0.25) is 0 Å². The van der Waals surface area contributed by atoms with Crippen molar-refractivity contribution in [3.8, 4) is 0 Å². The molecule has 2 atom stereocenters. The summed E-state index contributed by atoms with van der Waals surface area (Å²) in [6.07, 6.45) is 2.86. The van der Waals surface area contributed by atoms with Gasteiger partial charge in [-0.3, -0.25) is 0 Å². The van der Waals surface area contributed by atoms with Gasteiger partial charge in [0.15, 0.2) is 0 Å². The SMILES string of the molecule is CC(C)(C)S(=O)NC(CCc1ccccc1)Cc1ccccc1. The molecule has 2 aromatic carbocycles. The molecule has 0 aliphatic heterocycles. The van der Waals surface area contributed by atoms with E-state index in [0.29, 0.717) is 0 Å². The third kappa shape index (κ3) is 6.28. The maximum atomic E-state index is 12.5. The normalized spacial score (nSPS) is 14.4. The van der Waals surface area contributed by atoms with Gasteiger partial charge < -0.3 is 0 Å². The average molecular weight is 330 g/mol. The largest absolute Gasteiger partial charge is 0.242 e. The highest BCUT2D eigenvalue weighted by Crippen LogP contribution is 2.14. The Hall–Kier alpha value is -1.45. The zero-order valence-corrected chi connectivity index (χ0v) is 15.1. The molecule has 124 valence electrons. The van der Waals surface area contributed by atoms with Gasteiger partial charge in [-0.2, -0.15) is 0 Å². The van der Waals surface area contributed by atoms with Crippen LogP contribution in [0.5, 0.6) is 0 Å². The van der Waals surface area contributed by atoms with E-state index in [1.54, 1.807) is 0 Å². The zero-order chi connectivity index (χ0) is 16.7. The van der Waals surface area contributed by atoms with Crippen LogP contribution in [0.15, 0.2) is 60.7 Å². The van der Waals surface area contributed by atoms with Gasteiger partial charge in [0.05, 0.1) is 15.7 Å². The van der Waals surface area contributed by atoms with Crippen LogP contribution < -0.4 is 4.72 Å². The average Bonchev–Trinajstić information content (AvgIpc) is 2.53. The van der Waals surface area contributed by atoms with Crippen LogP contribution in [0.1, 0.15) is 38.3 Å². The van der Waals surface area contributed by atoms with Crippen molar-refractivity contribution in [2.24, 2.45) is 0 Å². The maximum absolute atomic E-state index is 12.5. The Balaban J connectivity index is 2.03. The van der Waals surface area contributed by atoms with Gasteiger partial charge in [-0.05, 0) is 51.2 Å². The molecule has 0 bridgehead atoms. The van der Waals surface area contributed by atoms with Gasteiger partial charge in [-0.1, -0.05) is 60.7 Å². The van der Waals surface area contributed by atoms with E-state index >= 15 is 0 Å². The first-order valence-corrected chi connectivity index (χ1v) is 9.36. The summed E-state index contributed by atoms with van der Waals surface area (Å²) in [6.45, 7) is 6.02. The summed E-state index contributed by atoms with van der Waals surface area (Å²) in [5.74, 6) is 0. The van der Waals surface area contributed by atoms with E-state index in [9.17, 15) is 4.21 Å². The second-order valence-corrected chi connectivity index (χ2v) is 8.91. The van der Waals surface area contributed by atoms with Crippen LogP contribution in [0.3, 0.4) is 0 Å². The lowest BCUT2D eigenvalue weighted by Gasteiger charge is -2.24. The monoisotopic (exact) mass is 329 g/mol. The fourth-order valence-corrected chi connectivity index (χ4v) is 3.27. The van der Waals surface area contributed by atoms with Gasteiger partial charge in [-0.15, -0.1) is 0 Å². The highest BCUT2D eigenvalue weighted by atomic mass is 32.2. The highest BCUT2D eigenvalue weighted by Gasteiger charge is 2.22. The zero-order valence-electron chi connectivity index (χ0n) is 14.3. The van der Waals surface area contributed by atoms with Gasteiger partial charge in [0, 0.05) is 6.04 Å². The minimum Gasteiger partial charge on any atom is -0.242 e. The highest BCUT2D eigenvalue weighted by molar-refractivity contribution is 7.84. The van der Waals surface area contributed by atoms with Crippen molar-refractivity contribution in [1.82, 2.24) is 4.72 Å². The van der Waals surface area contributed by atoms with Gasteiger partial charge >= 0.3 is 0 Å². The number of rotatable bonds is 7. The summed E-state index contributed by atoms with van der Waals surface area (Å²) in [5, 5.41) is 0. The Morgan fingerprint density at radius 1 is 0.913 bits per heavy atom. The molecular formula is C20H27NOS. The summed E-state index contributed by atoms with van der Waals surface area (Å²) in [5.41, 5.74) is 2.61. The molecular weight excluding hydrogens is 302 g/mol. The van der Waals surface area contributed by atoms with Crippen LogP contribution in [0.4, 0.5) is 0 Å². The van der Waals surface area contributed by atoms with Crippen molar-refractivity contribution >= 4 is 11.0 Å². The number of aryl methyl sites for hydroxylation is 1. The Bertz CT molecular complexity index is 605. The van der Waals surface area contributed by atoms with Gasteiger partial charge in [0.1, 0.15) is 0 Å². The van der Waals surface area contributed by atoms with E-state index in [2.05, 4.69) is 53.3 Å². The van der Waals surface area contributed by atoms with Crippen LogP contribution in [0, 0.1) is 0 Å². The maximum Gasteiger partial charge on any atom is 0.0972 e. The first-order valence-electron chi connectivity index (χ1n) is 8.21. The van der Waals surface area contributed by atoms with Crippen LogP contribution in [0.2, 0.25) is 0 Å². The second kappa shape index (κ2) is 8.42. The fourth-order valence-electron chi connectivity index (χ4n) is 2.41. The molecule has 0 fully saturated rings. The van der Waals surface area contributed by atoms with E-state index < -0.39 is 11.0 Å². The van der Waals surface area contributed by atoms with Gasteiger partial charge in [-0.25, -0.2) is 8.93 Å². The van der Waals surface area contributed by atoms with Crippen LogP contribution in [-0.4, -0.2) is 15.0 Å². The van der Waals surface area contributed by atoms with Crippen LogP contribution >= 0.6 is 0 Å². The predicted octanol–water partition coefficient (Wildman–Crippen LogP) is 4.28. The van der Waals surface area contributed by atoms with E-state index in [1.807, 2.05) is 32.9 Å². The lowest BCUT2D eigenvalue weighted by molar-refractivity contribution is 0.547. The Morgan fingerprint density at radius 3 is 1.96 bits per heavy atom. The molecule has 1 N–H and O–H groups in total. The molecule has 2 rings (SSSR count). The molecule has 2 aromatic rings. The second-order valence-electron chi connectivity index (χ2n) is 6.91. The Morgan fingerprint density at radius 2 is 1.43 bits per heavy atom. The lowest BCUT2D eigenvalue weighted by atomic mass is 10.00. The van der Waals surface area contributed by atoms with Crippen molar-refractivity contribution in [2.75, 3.05) is 0 Å². The first kappa shape index (κ1) is 17.9. The summed E-state index contributed by atoms with van der Waals surface area (Å²) in [7, 11) is -1.05. The topological polar surface area (TPSA) is 29.1 Å². The van der Waals surface area contributed by atoms with Crippen molar-refractivity contribution in [3.05, 3.63) is 71.8 Å². The molecule has 0 spiro atoms. The Labute approximate surface area is 142 Å². The third-order valence-corrected chi connectivity index (χ3v) is 5.44. The third-order valence-electron chi connectivity index (χ3n) is 3.78. The minimum absolute atomic E-state index is 0.206. The molecule has 3 heteroatoms. The predicted molar refractivity (Wildman–Crippen MR) is 99.7 cm³/mol. The smallest absolute Gasteiger partial charge is 0.0972 e. The quantitative estimate of drug-likeness (QED) is 0.807. The fraction of sp³-hybridized carbons (Fsp3) is 0.400. The van der Waals surface area contributed by atoms with E-state index in [-0.39, 0.29) is 10.8 Å².